The number of benzene rings is 2. The maximum Gasteiger partial charge on any atom is 0.266 e. The Morgan fingerprint density at radius 3 is 2.41 bits per heavy atom. The van der Waals surface area contributed by atoms with Gasteiger partial charge in [0, 0.05) is 26.1 Å². The molecule has 0 saturated carbocycles. The van der Waals surface area contributed by atoms with E-state index in [4.69, 9.17) is 12.2 Å². The summed E-state index contributed by atoms with van der Waals surface area (Å²) in [6, 6.07) is 20.0. The van der Waals surface area contributed by atoms with Crippen LogP contribution in [0.3, 0.4) is 0 Å². The van der Waals surface area contributed by atoms with Crippen molar-refractivity contribution in [3.63, 3.8) is 0 Å². The van der Waals surface area contributed by atoms with Crippen molar-refractivity contribution in [2.75, 3.05) is 13.1 Å². The van der Waals surface area contributed by atoms with Gasteiger partial charge < -0.3 is 4.90 Å². The molecule has 6 heteroatoms. The standard InChI is InChI=1S/C26H28N2O2S2/c1-3-27(19-22-13-8-5-9-14-22)24(29)15-10-16-28-25(30)23(32-26(28)31)18-20(2)17-21-11-6-4-7-12-21/h4-9,11-14,17-18H,3,10,15-16,19H2,1-2H3/b20-17+,23-18-. The van der Waals surface area contributed by atoms with Gasteiger partial charge >= 0.3 is 0 Å². The van der Waals surface area contributed by atoms with E-state index in [1.807, 2.05) is 91.6 Å². The van der Waals surface area contributed by atoms with Crippen LogP contribution in [0.4, 0.5) is 0 Å². The Balaban J connectivity index is 1.54. The van der Waals surface area contributed by atoms with E-state index in [0.29, 0.717) is 41.7 Å². The molecule has 0 N–H and O–H groups in total. The number of carbonyl (C=O) groups is 2. The van der Waals surface area contributed by atoms with Crippen LogP contribution in [-0.4, -0.2) is 39.0 Å². The molecule has 1 heterocycles. The van der Waals surface area contributed by atoms with Gasteiger partial charge in [0.05, 0.1) is 4.91 Å². The van der Waals surface area contributed by atoms with Gasteiger partial charge in [0.25, 0.3) is 5.91 Å². The molecule has 0 radical (unpaired) electrons. The lowest BCUT2D eigenvalue weighted by molar-refractivity contribution is -0.132. The van der Waals surface area contributed by atoms with Crippen molar-refractivity contribution in [1.29, 1.82) is 0 Å². The predicted molar refractivity (Wildman–Crippen MR) is 137 cm³/mol. The maximum atomic E-state index is 12.8. The van der Waals surface area contributed by atoms with E-state index in [9.17, 15) is 9.59 Å². The number of hydrogen-bond donors (Lipinski definition) is 0. The highest BCUT2D eigenvalue weighted by atomic mass is 32.2. The summed E-state index contributed by atoms with van der Waals surface area (Å²) >= 11 is 6.75. The number of rotatable bonds is 9. The second-order valence-corrected chi connectivity index (χ2v) is 9.31. The number of thiocarbonyl (C=S) groups is 1. The number of carbonyl (C=O) groups excluding carboxylic acids is 2. The molecule has 2 aromatic carbocycles. The van der Waals surface area contributed by atoms with E-state index in [2.05, 4.69) is 0 Å². The first-order chi connectivity index (χ1) is 15.5. The fraction of sp³-hybridized carbons (Fsp3) is 0.269. The fourth-order valence-electron chi connectivity index (χ4n) is 3.48. The van der Waals surface area contributed by atoms with Crippen LogP contribution in [0.2, 0.25) is 0 Å². The van der Waals surface area contributed by atoms with Gasteiger partial charge in [-0.25, -0.2) is 0 Å². The summed E-state index contributed by atoms with van der Waals surface area (Å²) in [7, 11) is 0. The van der Waals surface area contributed by atoms with Crippen LogP contribution in [0, 0.1) is 0 Å². The third-order valence-electron chi connectivity index (χ3n) is 5.15. The van der Waals surface area contributed by atoms with Gasteiger partial charge in [0.2, 0.25) is 5.91 Å². The van der Waals surface area contributed by atoms with Gasteiger partial charge in [-0.3, -0.25) is 14.5 Å². The average Bonchev–Trinajstić information content (AvgIpc) is 3.05. The molecule has 1 fully saturated rings. The van der Waals surface area contributed by atoms with Crippen LogP contribution in [0.15, 0.2) is 77.2 Å². The minimum absolute atomic E-state index is 0.0788. The van der Waals surface area contributed by atoms with E-state index in [1.54, 1.807) is 4.90 Å². The smallest absolute Gasteiger partial charge is 0.266 e. The number of nitrogens with zero attached hydrogens (tertiary/aromatic N) is 2. The highest BCUT2D eigenvalue weighted by Gasteiger charge is 2.31. The van der Waals surface area contributed by atoms with Crippen molar-refractivity contribution in [3.8, 4) is 0 Å². The summed E-state index contributed by atoms with van der Waals surface area (Å²) < 4.78 is 0.554. The Hall–Kier alpha value is -2.70. The van der Waals surface area contributed by atoms with E-state index >= 15 is 0 Å². The van der Waals surface area contributed by atoms with Crippen LogP contribution in [0.25, 0.3) is 6.08 Å². The monoisotopic (exact) mass is 464 g/mol. The molecule has 1 saturated heterocycles. The number of amides is 2. The molecular weight excluding hydrogens is 436 g/mol. The zero-order valence-electron chi connectivity index (χ0n) is 18.5. The van der Waals surface area contributed by atoms with Crippen LogP contribution in [0.1, 0.15) is 37.8 Å². The van der Waals surface area contributed by atoms with Crippen molar-refractivity contribution in [2.24, 2.45) is 0 Å². The molecular formula is C26H28N2O2S2. The van der Waals surface area contributed by atoms with Gasteiger partial charge in [0.15, 0.2) is 0 Å². The summed E-state index contributed by atoms with van der Waals surface area (Å²) in [6.45, 7) is 5.68. The van der Waals surface area contributed by atoms with Crippen molar-refractivity contribution in [2.45, 2.75) is 33.2 Å². The van der Waals surface area contributed by atoms with E-state index in [-0.39, 0.29) is 11.8 Å². The Labute approximate surface area is 200 Å². The quantitative estimate of drug-likeness (QED) is 0.354. The SMILES string of the molecule is CCN(Cc1ccccc1)C(=O)CCCN1C(=O)/C(=C/C(C)=C/c2ccccc2)SC1=S. The van der Waals surface area contributed by atoms with Gasteiger partial charge in [-0.2, -0.15) is 0 Å². The second kappa shape index (κ2) is 11.8. The van der Waals surface area contributed by atoms with Crippen molar-refractivity contribution in [3.05, 3.63) is 88.3 Å². The molecule has 0 atom stereocenters. The maximum absolute atomic E-state index is 12.8. The zero-order chi connectivity index (χ0) is 22.9. The number of thioether (sulfide) groups is 1. The van der Waals surface area contributed by atoms with Crippen molar-refractivity contribution >= 4 is 46.2 Å². The zero-order valence-corrected chi connectivity index (χ0v) is 20.1. The summed E-state index contributed by atoms with van der Waals surface area (Å²) in [5.74, 6) is 0.0175. The van der Waals surface area contributed by atoms with Gasteiger partial charge in [-0.05, 0) is 43.0 Å². The Bertz CT molecular complexity index is 1020. The Morgan fingerprint density at radius 1 is 1.09 bits per heavy atom. The van der Waals surface area contributed by atoms with E-state index < -0.39 is 0 Å². The molecule has 2 amide bonds. The lowest BCUT2D eigenvalue weighted by atomic mass is 10.1. The lowest BCUT2D eigenvalue weighted by Crippen LogP contribution is -2.32. The van der Waals surface area contributed by atoms with E-state index in [0.717, 1.165) is 16.7 Å². The summed E-state index contributed by atoms with van der Waals surface area (Å²) in [5.41, 5.74) is 3.20. The second-order valence-electron chi connectivity index (χ2n) is 7.63. The first-order valence-corrected chi connectivity index (χ1v) is 12.0. The lowest BCUT2D eigenvalue weighted by Gasteiger charge is -2.22. The minimum atomic E-state index is -0.0788. The highest BCUT2D eigenvalue weighted by molar-refractivity contribution is 8.26. The molecule has 166 valence electrons. The molecule has 2 aromatic rings. The molecule has 32 heavy (non-hydrogen) atoms. The first kappa shape index (κ1) is 24.0. The first-order valence-electron chi connectivity index (χ1n) is 10.8. The Morgan fingerprint density at radius 2 is 1.75 bits per heavy atom. The van der Waals surface area contributed by atoms with Crippen LogP contribution in [0.5, 0.6) is 0 Å². The molecule has 0 bridgehead atoms. The number of hydrogen-bond acceptors (Lipinski definition) is 4. The number of allylic oxidation sites excluding steroid dienone is 2. The molecule has 1 aliphatic heterocycles. The summed E-state index contributed by atoms with van der Waals surface area (Å²) in [4.78, 5) is 29.6. The van der Waals surface area contributed by atoms with Gasteiger partial charge in [-0.15, -0.1) is 0 Å². The molecule has 4 nitrogen and oxygen atoms in total. The summed E-state index contributed by atoms with van der Waals surface area (Å²) in [6.07, 6.45) is 4.90. The van der Waals surface area contributed by atoms with Crippen molar-refractivity contribution < 1.29 is 9.59 Å². The average molecular weight is 465 g/mol. The molecule has 0 spiro atoms. The topological polar surface area (TPSA) is 40.6 Å². The highest BCUT2D eigenvalue weighted by Crippen LogP contribution is 2.32. The van der Waals surface area contributed by atoms with Crippen LogP contribution >= 0.6 is 24.0 Å². The van der Waals surface area contributed by atoms with E-state index in [1.165, 1.54) is 11.8 Å². The van der Waals surface area contributed by atoms with Gasteiger partial charge in [0.1, 0.15) is 4.32 Å². The normalized spacial score (nSPS) is 15.5. The Kier molecular flexibility index (Phi) is 8.82. The van der Waals surface area contributed by atoms with Crippen LogP contribution in [-0.2, 0) is 16.1 Å². The van der Waals surface area contributed by atoms with Crippen molar-refractivity contribution in [1.82, 2.24) is 9.80 Å². The fourth-order valence-corrected chi connectivity index (χ4v) is 4.84. The minimum Gasteiger partial charge on any atom is -0.339 e. The largest absolute Gasteiger partial charge is 0.339 e. The predicted octanol–water partition coefficient (Wildman–Crippen LogP) is 5.66. The molecule has 3 rings (SSSR count). The molecule has 1 aliphatic rings. The molecule has 0 unspecified atom stereocenters. The van der Waals surface area contributed by atoms with Crippen LogP contribution < -0.4 is 0 Å². The molecule has 0 aliphatic carbocycles. The van der Waals surface area contributed by atoms with Gasteiger partial charge in [-0.1, -0.05) is 90.7 Å². The molecule has 0 aromatic heterocycles. The third-order valence-corrected chi connectivity index (χ3v) is 6.53. The summed E-state index contributed by atoms with van der Waals surface area (Å²) in [5, 5.41) is 0. The third kappa shape index (κ3) is 6.65.